The number of hydrogen-bond donors (Lipinski definition) is 3. The number of benzene rings is 2. The Morgan fingerprint density at radius 1 is 1.03 bits per heavy atom. The van der Waals surface area contributed by atoms with E-state index in [1.54, 1.807) is 6.20 Å². The molecule has 0 atom stereocenters. The molecule has 8 nitrogen and oxygen atoms in total. The highest BCUT2D eigenvalue weighted by molar-refractivity contribution is 5.91. The van der Waals surface area contributed by atoms with Crippen LogP contribution in [-0.2, 0) is 4.79 Å². The van der Waals surface area contributed by atoms with E-state index < -0.39 is 0 Å². The fourth-order valence-corrected chi connectivity index (χ4v) is 5.36. The zero-order valence-corrected chi connectivity index (χ0v) is 21.4. The van der Waals surface area contributed by atoms with Gasteiger partial charge in [-0.2, -0.15) is 0 Å². The molecule has 1 aliphatic rings. The van der Waals surface area contributed by atoms with Crippen molar-refractivity contribution in [1.29, 1.82) is 0 Å². The lowest BCUT2D eigenvalue weighted by Gasteiger charge is -2.34. The van der Waals surface area contributed by atoms with Gasteiger partial charge in [0.25, 0.3) is 0 Å². The quantitative estimate of drug-likeness (QED) is 0.270. The van der Waals surface area contributed by atoms with Gasteiger partial charge in [-0.05, 0) is 37.4 Å². The number of pyridine rings is 1. The largest absolute Gasteiger partial charge is 0.382 e. The average molecular weight is 506 g/mol. The molecule has 3 heterocycles. The van der Waals surface area contributed by atoms with Gasteiger partial charge < -0.3 is 16.4 Å². The minimum atomic E-state index is 0.00471. The Bertz CT molecular complexity index is 1610. The zero-order valence-electron chi connectivity index (χ0n) is 21.4. The maximum Gasteiger partial charge on any atom is 0.216 e. The summed E-state index contributed by atoms with van der Waals surface area (Å²) in [6, 6.07) is 20.7. The molecule has 1 saturated carbocycles. The van der Waals surface area contributed by atoms with Crippen molar-refractivity contribution in [1.82, 2.24) is 30.0 Å². The number of aromatic nitrogens is 4. The van der Waals surface area contributed by atoms with Crippen molar-refractivity contribution >= 4 is 28.1 Å². The Kier molecular flexibility index (Phi) is 6.47. The Morgan fingerprint density at radius 2 is 1.84 bits per heavy atom. The van der Waals surface area contributed by atoms with Gasteiger partial charge in [0.05, 0.1) is 11.2 Å². The first-order chi connectivity index (χ1) is 18.6. The van der Waals surface area contributed by atoms with Crippen LogP contribution in [0.25, 0.3) is 38.9 Å². The molecule has 0 spiro atoms. The Morgan fingerprint density at radius 3 is 2.66 bits per heavy atom. The second-order valence-electron chi connectivity index (χ2n) is 10.0. The van der Waals surface area contributed by atoms with E-state index in [1.165, 1.54) is 6.92 Å². The van der Waals surface area contributed by atoms with Gasteiger partial charge in [-0.3, -0.25) is 9.20 Å². The number of imidazole rings is 1. The number of nitrogens with two attached hydrogens (primary N) is 1. The van der Waals surface area contributed by atoms with Crippen molar-refractivity contribution in [2.45, 2.75) is 25.7 Å². The molecule has 3 aromatic heterocycles. The van der Waals surface area contributed by atoms with Crippen LogP contribution in [0.3, 0.4) is 0 Å². The molecule has 38 heavy (non-hydrogen) atoms. The van der Waals surface area contributed by atoms with Crippen LogP contribution in [0.15, 0.2) is 73.1 Å². The summed E-state index contributed by atoms with van der Waals surface area (Å²) in [6.07, 6.45) is 5.83. The van der Waals surface area contributed by atoms with Gasteiger partial charge in [-0.25, -0.2) is 15.0 Å². The molecule has 8 heteroatoms. The summed E-state index contributed by atoms with van der Waals surface area (Å²) in [5.74, 6) is 2.47. The normalized spacial score (nSPS) is 17.0. The second kappa shape index (κ2) is 10.2. The summed E-state index contributed by atoms with van der Waals surface area (Å²) in [7, 11) is 0. The van der Waals surface area contributed by atoms with Crippen LogP contribution in [0, 0.1) is 5.92 Å². The van der Waals surface area contributed by atoms with Crippen LogP contribution in [0.5, 0.6) is 0 Å². The van der Waals surface area contributed by atoms with Crippen molar-refractivity contribution in [3.63, 3.8) is 0 Å². The maximum absolute atomic E-state index is 11.0. The molecule has 5 aromatic rings. The third-order valence-electron chi connectivity index (χ3n) is 7.36. The summed E-state index contributed by atoms with van der Waals surface area (Å²) >= 11 is 0. The van der Waals surface area contributed by atoms with E-state index in [2.05, 4.69) is 62.5 Å². The van der Waals surface area contributed by atoms with Crippen molar-refractivity contribution in [3.8, 4) is 22.5 Å². The first-order valence-corrected chi connectivity index (χ1v) is 13.1. The minimum absolute atomic E-state index is 0.00471. The monoisotopic (exact) mass is 505 g/mol. The molecule has 2 aromatic carbocycles. The Labute approximate surface area is 221 Å². The molecule has 1 fully saturated rings. The lowest BCUT2D eigenvalue weighted by molar-refractivity contribution is -0.118. The molecule has 4 N–H and O–H groups in total. The molecule has 1 amide bonds. The summed E-state index contributed by atoms with van der Waals surface area (Å²) in [5, 5.41) is 7.35. The van der Waals surface area contributed by atoms with Crippen LogP contribution < -0.4 is 16.4 Å². The minimum Gasteiger partial charge on any atom is -0.382 e. The van der Waals surface area contributed by atoms with Crippen LogP contribution in [0.2, 0.25) is 0 Å². The number of fused-ring (bicyclic) bond motifs is 2. The highest BCUT2D eigenvalue weighted by Crippen LogP contribution is 2.43. The molecule has 0 bridgehead atoms. The Balaban J connectivity index is 1.27. The number of nitrogens with one attached hydrogen (secondary N) is 2. The van der Waals surface area contributed by atoms with Gasteiger partial charge in [0.2, 0.25) is 5.91 Å². The van der Waals surface area contributed by atoms with E-state index in [-0.39, 0.29) is 5.91 Å². The van der Waals surface area contributed by atoms with E-state index in [0.29, 0.717) is 24.2 Å². The predicted octanol–water partition coefficient (Wildman–Crippen LogP) is 4.41. The molecular weight excluding hydrogens is 474 g/mol. The molecular formula is C30H31N7O. The van der Waals surface area contributed by atoms with Crippen molar-refractivity contribution in [2.24, 2.45) is 5.92 Å². The summed E-state index contributed by atoms with van der Waals surface area (Å²) in [4.78, 5) is 25.5. The topological polar surface area (TPSA) is 110 Å². The fourth-order valence-electron chi connectivity index (χ4n) is 5.36. The maximum atomic E-state index is 11.0. The van der Waals surface area contributed by atoms with Crippen LogP contribution in [-0.4, -0.2) is 44.9 Å². The molecule has 0 saturated heterocycles. The predicted molar refractivity (Wildman–Crippen MR) is 151 cm³/mol. The average Bonchev–Trinajstić information content (AvgIpc) is 3.29. The Hall–Kier alpha value is -4.30. The SMILES string of the molecule is CC(=O)NCCNCC1CC(c2nc(-c3ccc4ccc(-c5ccccc5)nc4c3)c3c(N)nccn23)C1. The number of carbonyl (C=O) groups is 1. The van der Waals surface area contributed by atoms with Gasteiger partial charge in [-0.15, -0.1) is 0 Å². The number of carbonyl (C=O) groups excluding carboxylic acids is 1. The highest BCUT2D eigenvalue weighted by Gasteiger charge is 2.34. The molecule has 6 rings (SSSR count). The van der Waals surface area contributed by atoms with Crippen LogP contribution in [0.1, 0.15) is 31.5 Å². The molecule has 192 valence electrons. The number of nitrogens with zero attached hydrogens (tertiary/aromatic N) is 4. The second-order valence-corrected chi connectivity index (χ2v) is 10.0. The molecule has 0 unspecified atom stereocenters. The summed E-state index contributed by atoms with van der Waals surface area (Å²) in [5.41, 5.74) is 12.0. The van der Waals surface area contributed by atoms with Crippen LogP contribution in [0.4, 0.5) is 5.82 Å². The smallest absolute Gasteiger partial charge is 0.216 e. The van der Waals surface area contributed by atoms with Gasteiger partial charge in [0.15, 0.2) is 0 Å². The van der Waals surface area contributed by atoms with Gasteiger partial charge in [-0.1, -0.05) is 48.5 Å². The first kappa shape index (κ1) is 24.1. The molecule has 0 radical (unpaired) electrons. The number of nitrogen functional groups attached to an aromatic ring is 1. The van der Waals surface area contributed by atoms with Gasteiger partial charge >= 0.3 is 0 Å². The molecule has 0 aliphatic heterocycles. The van der Waals surface area contributed by atoms with E-state index in [9.17, 15) is 4.79 Å². The van der Waals surface area contributed by atoms with Crippen molar-refractivity contribution < 1.29 is 4.79 Å². The van der Waals surface area contributed by atoms with E-state index in [4.69, 9.17) is 15.7 Å². The van der Waals surface area contributed by atoms with E-state index >= 15 is 0 Å². The number of amides is 1. The number of rotatable bonds is 8. The van der Waals surface area contributed by atoms with Crippen LogP contribution >= 0.6 is 0 Å². The zero-order chi connectivity index (χ0) is 26.1. The van der Waals surface area contributed by atoms with Gasteiger partial charge in [0.1, 0.15) is 22.9 Å². The van der Waals surface area contributed by atoms with Crippen molar-refractivity contribution in [3.05, 3.63) is 78.9 Å². The number of hydrogen-bond acceptors (Lipinski definition) is 6. The molecule has 1 aliphatic carbocycles. The lowest BCUT2D eigenvalue weighted by atomic mass is 9.74. The highest BCUT2D eigenvalue weighted by atomic mass is 16.1. The van der Waals surface area contributed by atoms with E-state index in [1.807, 2.05) is 24.4 Å². The third-order valence-corrected chi connectivity index (χ3v) is 7.36. The fraction of sp³-hybridized carbons (Fsp3) is 0.267. The summed E-state index contributed by atoms with van der Waals surface area (Å²) < 4.78 is 2.11. The summed E-state index contributed by atoms with van der Waals surface area (Å²) in [6.45, 7) is 3.91. The first-order valence-electron chi connectivity index (χ1n) is 13.1. The van der Waals surface area contributed by atoms with Crippen molar-refractivity contribution in [2.75, 3.05) is 25.4 Å². The lowest BCUT2D eigenvalue weighted by Crippen LogP contribution is -2.36. The number of anilines is 1. The van der Waals surface area contributed by atoms with Gasteiger partial charge in [0, 0.05) is 54.8 Å². The van der Waals surface area contributed by atoms with E-state index in [0.717, 1.165) is 70.7 Å². The standard InChI is InChI=1S/C30H31N7O/c1-19(38)33-12-11-32-18-20-15-24(16-20)30-36-27(28-29(31)34-13-14-37(28)30)23-8-7-22-9-10-25(35-26(22)17-23)21-5-3-2-4-6-21/h2-10,13-14,17,20,24,32H,11-12,15-16,18H2,1H3,(H2,31,34)(H,33,38). The third kappa shape index (κ3) is 4.70.